The van der Waals surface area contributed by atoms with Gasteiger partial charge in [0.1, 0.15) is 13.2 Å². The average Bonchev–Trinajstić information content (AvgIpc) is 3.47. The Morgan fingerprint density at radius 1 is 0.244 bits per heavy atom. The lowest BCUT2D eigenvalue weighted by Crippen LogP contribution is -2.30. The van der Waals surface area contributed by atoms with Crippen molar-refractivity contribution in [3.05, 3.63) is 36.5 Å². The molecule has 6 heteroatoms. The molecule has 82 heavy (non-hydrogen) atoms. The van der Waals surface area contributed by atoms with Gasteiger partial charge in [0.15, 0.2) is 6.10 Å². The second-order valence-corrected chi connectivity index (χ2v) is 25.2. The van der Waals surface area contributed by atoms with Crippen molar-refractivity contribution in [2.75, 3.05) is 13.2 Å². The van der Waals surface area contributed by atoms with Crippen LogP contribution >= 0.6 is 0 Å². The first kappa shape index (κ1) is 79.6. The van der Waals surface area contributed by atoms with E-state index in [1.807, 2.05) is 0 Å². The molecule has 6 nitrogen and oxygen atoms in total. The van der Waals surface area contributed by atoms with E-state index in [-0.39, 0.29) is 31.1 Å². The van der Waals surface area contributed by atoms with Gasteiger partial charge in [-0.2, -0.15) is 0 Å². The van der Waals surface area contributed by atoms with E-state index >= 15 is 0 Å². The molecule has 0 aromatic rings. The number of carbonyl (C=O) groups is 3. The van der Waals surface area contributed by atoms with E-state index in [0.29, 0.717) is 19.3 Å². The second-order valence-electron chi connectivity index (χ2n) is 25.2. The van der Waals surface area contributed by atoms with Gasteiger partial charge in [-0.3, -0.25) is 14.4 Å². The van der Waals surface area contributed by atoms with Crippen LogP contribution in [0.5, 0.6) is 0 Å². The number of carbonyl (C=O) groups excluding carboxylic acids is 3. The summed E-state index contributed by atoms with van der Waals surface area (Å²) in [6.07, 6.45) is 89.2. The Bertz CT molecular complexity index is 1370. The molecule has 0 amide bonds. The second kappa shape index (κ2) is 71.1. The van der Waals surface area contributed by atoms with E-state index < -0.39 is 6.10 Å². The monoisotopic (exact) mass is 1150 g/mol. The summed E-state index contributed by atoms with van der Waals surface area (Å²) in [6.45, 7) is 6.69. The van der Waals surface area contributed by atoms with Gasteiger partial charge < -0.3 is 14.2 Å². The molecule has 0 heterocycles. The molecule has 0 saturated carbocycles. The van der Waals surface area contributed by atoms with Crippen LogP contribution in [0.1, 0.15) is 412 Å². The molecule has 0 aliphatic rings. The van der Waals surface area contributed by atoms with Gasteiger partial charge in [0.25, 0.3) is 0 Å². The molecule has 482 valence electrons. The summed E-state index contributed by atoms with van der Waals surface area (Å²) in [5.74, 6) is -0.841. The van der Waals surface area contributed by atoms with Crippen LogP contribution in [-0.4, -0.2) is 37.2 Å². The fraction of sp³-hybridized carbons (Fsp3) is 0.882. The van der Waals surface area contributed by atoms with Gasteiger partial charge in [-0.15, -0.1) is 0 Å². The first-order chi connectivity index (χ1) is 40.5. The smallest absolute Gasteiger partial charge is 0.306 e. The van der Waals surface area contributed by atoms with Gasteiger partial charge in [-0.25, -0.2) is 0 Å². The topological polar surface area (TPSA) is 78.9 Å². The number of rotatable bonds is 69. The molecule has 0 fully saturated rings. The van der Waals surface area contributed by atoms with E-state index in [9.17, 15) is 14.4 Å². The molecule has 0 aromatic heterocycles. The summed E-state index contributed by atoms with van der Waals surface area (Å²) < 4.78 is 17.0. The maximum atomic E-state index is 12.9. The van der Waals surface area contributed by atoms with Crippen molar-refractivity contribution in [3.8, 4) is 0 Å². The Morgan fingerprint density at radius 3 is 0.683 bits per heavy atom. The van der Waals surface area contributed by atoms with Gasteiger partial charge in [0.2, 0.25) is 0 Å². The molecule has 0 saturated heterocycles. The quantitative estimate of drug-likeness (QED) is 0.0261. The first-order valence-electron chi connectivity index (χ1n) is 37.0. The van der Waals surface area contributed by atoms with Crippen LogP contribution in [0, 0.1) is 0 Å². The summed E-state index contributed by atoms with van der Waals surface area (Å²) in [5, 5.41) is 0. The van der Waals surface area contributed by atoms with Crippen molar-refractivity contribution in [1.29, 1.82) is 0 Å². The van der Waals surface area contributed by atoms with Gasteiger partial charge in [-0.1, -0.05) is 353 Å². The lowest BCUT2D eigenvalue weighted by molar-refractivity contribution is -0.167. The third-order valence-electron chi connectivity index (χ3n) is 16.9. The normalized spacial score (nSPS) is 12.2. The van der Waals surface area contributed by atoms with Crippen LogP contribution in [0.25, 0.3) is 0 Å². The molecule has 0 rings (SSSR count). The van der Waals surface area contributed by atoms with Gasteiger partial charge >= 0.3 is 17.9 Å². The molecule has 0 aliphatic carbocycles. The number of hydrogen-bond acceptors (Lipinski definition) is 6. The van der Waals surface area contributed by atoms with Crippen LogP contribution in [0.2, 0.25) is 0 Å². The maximum Gasteiger partial charge on any atom is 0.306 e. The highest BCUT2D eigenvalue weighted by Crippen LogP contribution is 2.19. The van der Waals surface area contributed by atoms with Crippen molar-refractivity contribution in [1.82, 2.24) is 0 Å². The van der Waals surface area contributed by atoms with E-state index in [0.717, 1.165) is 64.2 Å². The van der Waals surface area contributed by atoms with Crippen LogP contribution in [0.4, 0.5) is 0 Å². The number of ether oxygens (including phenoxy) is 3. The van der Waals surface area contributed by atoms with E-state index in [4.69, 9.17) is 14.2 Å². The molecule has 0 bridgehead atoms. The fourth-order valence-electron chi connectivity index (χ4n) is 11.3. The minimum absolute atomic E-state index is 0.0670. The molecule has 0 N–H and O–H groups in total. The third-order valence-corrected chi connectivity index (χ3v) is 16.9. The minimum atomic E-state index is -0.770. The predicted molar refractivity (Wildman–Crippen MR) is 358 cm³/mol. The Balaban J connectivity index is 4.09. The van der Waals surface area contributed by atoms with Crippen LogP contribution in [-0.2, 0) is 28.6 Å². The zero-order valence-electron chi connectivity index (χ0n) is 55.5. The lowest BCUT2D eigenvalue weighted by atomic mass is 10.0. The molecule has 0 spiro atoms. The number of unbranched alkanes of at least 4 members (excludes halogenated alkanes) is 52. The summed E-state index contributed by atoms with van der Waals surface area (Å²) >= 11 is 0. The van der Waals surface area contributed by atoms with Crippen molar-refractivity contribution < 1.29 is 28.6 Å². The van der Waals surface area contributed by atoms with Crippen molar-refractivity contribution >= 4 is 17.9 Å². The summed E-state index contributed by atoms with van der Waals surface area (Å²) in [4.78, 5) is 38.4. The largest absolute Gasteiger partial charge is 0.462 e. The molecule has 1 atom stereocenters. The SMILES string of the molecule is CCCCCCC/C=C\C/C=C\CCCCCCCCCCCCCC(=O)OC(COC(=O)CCCCCCCCCCCC)COC(=O)CCCCCCCCCCCCCCCCCCCCC/C=C\CCCCCCCCCC. The average molecular weight is 1150 g/mol. The molecular formula is C76H142O6. The highest BCUT2D eigenvalue weighted by Gasteiger charge is 2.19. The zero-order valence-corrected chi connectivity index (χ0v) is 55.5. The van der Waals surface area contributed by atoms with E-state index in [1.54, 1.807) is 0 Å². The number of allylic oxidation sites excluding steroid dienone is 6. The third kappa shape index (κ3) is 68.4. The minimum Gasteiger partial charge on any atom is -0.462 e. The van der Waals surface area contributed by atoms with E-state index in [2.05, 4.69) is 57.2 Å². The lowest BCUT2D eigenvalue weighted by Gasteiger charge is -2.18. The van der Waals surface area contributed by atoms with Crippen molar-refractivity contribution in [2.45, 2.75) is 419 Å². The molecule has 0 aromatic carbocycles. The van der Waals surface area contributed by atoms with Crippen molar-refractivity contribution in [2.24, 2.45) is 0 Å². The molecule has 0 radical (unpaired) electrons. The Hall–Kier alpha value is -2.37. The van der Waals surface area contributed by atoms with E-state index in [1.165, 1.54) is 308 Å². The molecule has 1 unspecified atom stereocenters. The fourth-order valence-corrected chi connectivity index (χ4v) is 11.3. The van der Waals surface area contributed by atoms with Crippen LogP contribution in [0.3, 0.4) is 0 Å². The number of hydrogen-bond donors (Lipinski definition) is 0. The highest BCUT2D eigenvalue weighted by atomic mass is 16.6. The number of esters is 3. The van der Waals surface area contributed by atoms with Crippen LogP contribution < -0.4 is 0 Å². The Morgan fingerprint density at radius 2 is 0.439 bits per heavy atom. The Labute approximate surface area is 512 Å². The summed E-state index contributed by atoms with van der Waals surface area (Å²) in [7, 11) is 0. The molecule has 0 aliphatic heterocycles. The van der Waals surface area contributed by atoms with Crippen LogP contribution in [0.15, 0.2) is 36.5 Å². The van der Waals surface area contributed by atoms with Gasteiger partial charge in [0, 0.05) is 19.3 Å². The van der Waals surface area contributed by atoms with Gasteiger partial charge in [-0.05, 0) is 77.0 Å². The molecular weight excluding hydrogens is 1010 g/mol. The predicted octanol–water partition coefficient (Wildman–Crippen LogP) is 25.5. The van der Waals surface area contributed by atoms with Crippen molar-refractivity contribution in [3.63, 3.8) is 0 Å². The van der Waals surface area contributed by atoms with Gasteiger partial charge in [0.05, 0.1) is 0 Å². The highest BCUT2D eigenvalue weighted by molar-refractivity contribution is 5.71. The zero-order chi connectivity index (χ0) is 59.2. The maximum absolute atomic E-state index is 12.9. The summed E-state index contributed by atoms with van der Waals surface area (Å²) in [6, 6.07) is 0. The Kier molecular flexibility index (Phi) is 69.1. The standard InChI is InChI=1S/C76H142O6/c1-4-7-10-13-16-19-22-24-26-28-30-32-34-35-36-37-38-39-40-41-43-44-46-48-50-52-54-57-60-63-66-69-75(78)81-72-73(71-80-74(77)68-65-62-59-56-21-18-15-12-9-6-3)82-76(79)70-67-64-61-58-55-53-51-49-47-45-42-33-31-29-27-25-23-20-17-14-11-8-5-2/h23,25,28-31,73H,4-22,24,26-27,32-72H2,1-3H3/b25-23-,30-28-,31-29-. The first-order valence-corrected chi connectivity index (χ1v) is 37.0. The summed E-state index contributed by atoms with van der Waals surface area (Å²) in [5.41, 5.74) is 0.